The molecule has 0 unspecified atom stereocenters. The highest BCUT2D eigenvalue weighted by Gasteiger charge is 2.19. The summed E-state index contributed by atoms with van der Waals surface area (Å²) in [5.41, 5.74) is 3.01. The van der Waals surface area contributed by atoms with E-state index in [0.717, 1.165) is 39.6 Å². The van der Waals surface area contributed by atoms with Gasteiger partial charge in [0.15, 0.2) is 0 Å². The maximum absolute atomic E-state index is 5.05. The zero-order chi connectivity index (χ0) is 15.6. The number of benzene rings is 1. The predicted octanol–water partition coefficient (Wildman–Crippen LogP) is 4.99. The number of nitrogens with zero attached hydrogens (tertiary/aromatic N) is 1. The normalized spacial score (nSPS) is 11.9. The lowest BCUT2D eigenvalue weighted by atomic mass is 9.96. The summed E-state index contributed by atoms with van der Waals surface area (Å²) in [6.45, 7) is 8.63. The minimum Gasteiger partial charge on any atom is -0.341 e. The predicted molar refractivity (Wildman–Crippen MR) is 101 cm³/mol. The van der Waals surface area contributed by atoms with Gasteiger partial charge in [-0.25, -0.2) is 4.98 Å². The number of aromatic nitrogens is 2. The van der Waals surface area contributed by atoms with Crippen molar-refractivity contribution in [3.63, 3.8) is 0 Å². The van der Waals surface area contributed by atoms with E-state index < -0.39 is 0 Å². The molecular weight excluding hydrogens is 318 g/mol. The number of hydrogen-bond acceptors (Lipinski definition) is 3. The third-order valence-electron chi connectivity index (χ3n) is 3.00. The van der Waals surface area contributed by atoms with Crippen LogP contribution in [0.15, 0.2) is 17.0 Å². The van der Waals surface area contributed by atoms with Crippen molar-refractivity contribution in [1.82, 2.24) is 9.97 Å². The van der Waals surface area contributed by atoms with Crippen molar-refractivity contribution in [1.29, 1.82) is 0 Å². The molecule has 3 nitrogen and oxygen atoms in total. The van der Waals surface area contributed by atoms with Crippen molar-refractivity contribution in [2.75, 3.05) is 11.1 Å². The number of H-pyrrole nitrogens is 1. The Kier molecular flexibility index (Phi) is 5.22. The highest BCUT2D eigenvalue weighted by atomic mass is 32.2. The number of imidazole rings is 1. The summed E-state index contributed by atoms with van der Waals surface area (Å²) < 4.78 is 0.475. The number of aromatic amines is 1. The monoisotopic (exact) mass is 339 g/mol. The van der Waals surface area contributed by atoms with Crippen LogP contribution in [0.1, 0.15) is 39.9 Å². The third kappa shape index (κ3) is 4.14. The molecule has 2 N–H and O–H groups in total. The van der Waals surface area contributed by atoms with Crippen LogP contribution in [0, 0.1) is 0 Å². The lowest BCUT2D eigenvalue weighted by molar-refractivity contribution is 0.554. The van der Waals surface area contributed by atoms with Crippen LogP contribution >= 0.6 is 36.6 Å². The van der Waals surface area contributed by atoms with Crippen LogP contribution in [-0.4, -0.2) is 20.0 Å². The van der Waals surface area contributed by atoms with E-state index in [4.69, 9.17) is 17.2 Å². The first-order valence-electron chi connectivity index (χ1n) is 6.98. The molecular formula is C15H21N3S3. The zero-order valence-corrected chi connectivity index (χ0v) is 15.3. The average molecular weight is 340 g/mol. The van der Waals surface area contributed by atoms with Crippen LogP contribution in [0.2, 0.25) is 0 Å². The molecule has 0 aliphatic rings. The summed E-state index contributed by atoms with van der Waals surface area (Å²) in [6, 6.07) is 4.19. The molecule has 0 amide bonds. The van der Waals surface area contributed by atoms with Gasteiger partial charge in [0.1, 0.15) is 10.1 Å². The van der Waals surface area contributed by atoms with Gasteiger partial charge in [-0.05, 0) is 24.3 Å². The SMILES string of the molecule is CCCSc1cc2nc(C(C)(C)C)[nH]c2cc1NC(=S)S. The largest absolute Gasteiger partial charge is 0.341 e. The van der Waals surface area contributed by atoms with Crippen molar-refractivity contribution in [3.05, 3.63) is 18.0 Å². The Hall–Kier alpha value is -0.720. The standard InChI is InChI=1S/C15H21N3S3/c1-5-6-21-12-8-10-9(7-11(12)18-14(19)20)16-13(17-10)15(2,3)4/h7-8H,5-6H2,1-4H3,(H,16,17)(H2,18,19,20). The van der Waals surface area contributed by atoms with Crippen LogP contribution < -0.4 is 5.32 Å². The number of fused-ring (bicyclic) bond motifs is 1. The van der Waals surface area contributed by atoms with E-state index in [1.165, 1.54) is 0 Å². The van der Waals surface area contributed by atoms with Gasteiger partial charge >= 0.3 is 0 Å². The number of thioether (sulfide) groups is 1. The molecule has 0 radical (unpaired) electrons. The van der Waals surface area contributed by atoms with E-state index in [1.54, 1.807) is 0 Å². The molecule has 2 rings (SSSR count). The van der Waals surface area contributed by atoms with E-state index >= 15 is 0 Å². The van der Waals surface area contributed by atoms with E-state index in [2.05, 4.69) is 62.8 Å². The second-order valence-electron chi connectivity index (χ2n) is 5.98. The van der Waals surface area contributed by atoms with Gasteiger partial charge < -0.3 is 10.3 Å². The van der Waals surface area contributed by atoms with E-state index in [9.17, 15) is 0 Å². The molecule has 0 atom stereocenters. The number of thiocarbonyl (C=S) groups is 1. The molecule has 6 heteroatoms. The van der Waals surface area contributed by atoms with Gasteiger partial charge in [-0.3, -0.25) is 0 Å². The Balaban J connectivity index is 2.49. The van der Waals surface area contributed by atoms with E-state index in [1.807, 2.05) is 11.8 Å². The van der Waals surface area contributed by atoms with Crippen molar-refractivity contribution in [2.45, 2.75) is 44.4 Å². The molecule has 0 bridgehead atoms. The number of nitrogens with one attached hydrogen (secondary N) is 2. The molecule has 0 spiro atoms. The number of hydrogen-bond donors (Lipinski definition) is 3. The Morgan fingerprint density at radius 2 is 2.14 bits per heavy atom. The van der Waals surface area contributed by atoms with Gasteiger partial charge in [0.05, 0.1) is 16.7 Å². The molecule has 0 aliphatic carbocycles. The van der Waals surface area contributed by atoms with Crippen LogP contribution in [0.3, 0.4) is 0 Å². The van der Waals surface area contributed by atoms with E-state index in [-0.39, 0.29) is 5.41 Å². The first kappa shape index (κ1) is 16.6. The first-order chi connectivity index (χ1) is 9.81. The molecule has 2 aromatic rings. The van der Waals surface area contributed by atoms with Crippen LogP contribution in [0.25, 0.3) is 11.0 Å². The molecule has 1 heterocycles. The van der Waals surface area contributed by atoms with Crippen LogP contribution in [0.4, 0.5) is 5.69 Å². The van der Waals surface area contributed by atoms with Gasteiger partial charge in [-0.15, -0.1) is 24.4 Å². The van der Waals surface area contributed by atoms with Crippen LogP contribution in [0.5, 0.6) is 0 Å². The molecule has 0 saturated carbocycles. The number of anilines is 1. The van der Waals surface area contributed by atoms with Gasteiger partial charge in [0.25, 0.3) is 0 Å². The smallest absolute Gasteiger partial charge is 0.135 e. The maximum Gasteiger partial charge on any atom is 0.135 e. The van der Waals surface area contributed by atoms with Gasteiger partial charge in [0, 0.05) is 10.3 Å². The minimum atomic E-state index is 0.00217. The highest BCUT2D eigenvalue weighted by molar-refractivity contribution is 8.11. The second kappa shape index (κ2) is 6.58. The summed E-state index contributed by atoms with van der Waals surface area (Å²) in [5.74, 6) is 2.06. The second-order valence-corrected chi connectivity index (χ2v) is 8.27. The molecule has 1 aromatic heterocycles. The van der Waals surface area contributed by atoms with Crippen molar-refractivity contribution < 1.29 is 0 Å². The summed E-state index contributed by atoms with van der Waals surface area (Å²) in [4.78, 5) is 9.29. The summed E-state index contributed by atoms with van der Waals surface area (Å²) in [7, 11) is 0. The topological polar surface area (TPSA) is 40.7 Å². The van der Waals surface area contributed by atoms with Gasteiger partial charge in [-0.2, -0.15) is 0 Å². The quantitative estimate of drug-likeness (QED) is 0.417. The van der Waals surface area contributed by atoms with Gasteiger partial charge in [0.2, 0.25) is 0 Å². The molecule has 0 fully saturated rings. The Morgan fingerprint density at radius 1 is 1.43 bits per heavy atom. The Labute approximate surface area is 141 Å². The lowest BCUT2D eigenvalue weighted by Crippen LogP contribution is -2.12. The summed E-state index contributed by atoms with van der Waals surface area (Å²) >= 11 is 11.0. The Bertz CT molecular complexity index is 656. The van der Waals surface area contributed by atoms with E-state index in [0.29, 0.717) is 4.32 Å². The molecule has 0 saturated heterocycles. The fraction of sp³-hybridized carbons (Fsp3) is 0.467. The first-order valence-corrected chi connectivity index (χ1v) is 8.82. The number of thiol groups is 1. The van der Waals surface area contributed by atoms with Crippen molar-refractivity contribution in [2.24, 2.45) is 0 Å². The fourth-order valence-corrected chi connectivity index (χ4v) is 3.05. The fourth-order valence-electron chi connectivity index (χ4n) is 1.94. The van der Waals surface area contributed by atoms with Crippen LogP contribution in [-0.2, 0) is 5.41 Å². The van der Waals surface area contributed by atoms with Crippen molar-refractivity contribution >= 4 is 57.6 Å². The summed E-state index contributed by atoms with van der Waals surface area (Å²) in [6.07, 6.45) is 1.13. The molecule has 114 valence electrons. The number of rotatable bonds is 4. The molecule has 21 heavy (non-hydrogen) atoms. The molecule has 1 aromatic carbocycles. The minimum absolute atomic E-state index is 0.00217. The highest BCUT2D eigenvalue weighted by Crippen LogP contribution is 2.33. The van der Waals surface area contributed by atoms with Crippen molar-refractivity contribution in [3.8, 4) is 0 Å². The molecule has 0 aliphatic heterocycles. The van der Waals surface area contributed by atoms with Gasteiger partial charge in [-0.1, -0.05) is 39.9 Å². The maximum atomic E-state index is 5.05. The third-order valence-corrected chi connectivity index (χ3v) is 4.47. The Morgan fingerprint density at radius 3 is 2.71 bits per heavy atom. The zero-order valence-electron chi connectivity index (χ0n) is 12.8. The lowest BCUT2D eigenvalue weighted by Gasteiger charge is -2.13. The summed E-state index contributed by atoms with van der Waals surface area (Å²) in [5, 5.41) is 3.15. The average Bonchev–Trinajstić information content (AvgIpc) is 2.78.